The van der Waals surface area contributed by atoms with Crippen LogP contribution in [0.5, 0.6) is 5.75 Å². The Morgan fingerprint density at radius 2 is 2.00 bits per heavy atom. The Bertz CT molecular complexity index is 686. The Labute approximate surface area is 116 Å². The molecule has 0 unspecified atom stereocenters. The summed E-state index contributed by atoms with van der Waals surface area (Å²) in [5.41, 5.74) is 1.41. The molecule has 0 radical (unpaired) electrons. The normalized spacial score (nSPS) is 15.6. The van der Waals surface area contributed by atoms with Crippen molar-refractivity contribution in [3.05, 3.63) is 34.0 Å². The van der Waals surface area contributed by atoms with Gasteiger partial charge in [0.25, 0.3) is 0 Å². The van der Waals surface area contributed by atoms with Gasteiger partial charge in [-0.25, -0.2) is 0 Å². The van der Waals surface area contributed by atoms with Crippen molar-refractivity contribution in [3.63, 3.8) is 0 Å². The maximum atomic E-state index is 12.2. The first-order chi connectivity index (χ1) is 9.70. The molecule has 1 aromatic heterocycles. The monoisotopic (exact) mass is 275 g/mol. The van der Waals surface area contributed by atoms with Gasteiger partial charge in [0.2, 0.25) is 0 Å². The Morgan fingerprint density at radius 3 is 2.70 bits per heavy atom. The molecule has 1 saturated heterocycles. The van der Waals surface area contributed by atoms with E-state index in [1.54, 1.807) is 25.3 Å². The molecular formula is C15H17NO4. The number of anilines is 1. The second-order valence-electron chi connectivity index (χ2n) is 4.82. The van der Waals surface area contributed by atoms with Crippen LogP contribution in [0.4, 0.5) is 5.88 Å². The molecule has 0 bridgehead atoms. The predicted molar refractivity (Wildman–Crippen MR) is 76.8 cm³/mol. The summed E-state index contributed by atoms with van der Waals surface area (Å²) in [6.07, 6.45) is 0. The molecule has 5 nitrogen and oxygen atoms in total. The van der Waals surface area contributed by atoms with E-state index in [0.29, 0.717) is 30.1 Å². The van der Waals surface area contributed by atoms with Crippen molar-refractivity contribution in [1.82, 2.24) is 0 Å². The summed E-state index contributed by atoms with van der Waals surface area (Å²) >= 11 is 0. The van der Waals surface area contributed by atoms with Crippen LogP contribution in [0.3, 0.4) is 0 Å². The zero-order valence-corrected chi connectivity index (χ0v) is 11.6. The highest BCUT2D eigenvalue weighted by Crippen LogP contribution is 2.28. The van der Waals surface area contributed by atoms with Crippen LogP contribution in [0.1, 0.15) is 5.56 Å². The van der Waals surface area contributed by atoms with Crippen molar-refractivity contribution in [2.24, 2.45) is 0 Å². The number of nitrogens with zero attached hydrogens (tertiary/aromatic N) is 1. The Kier molecular flexibility index (Phi) is 3.36. The summed E-state index contributed by atoms with van der Waals surface area (Å²) in [5, 5.41) is 0.584. The van der Waals surface area contributed by atoms with Crippen molar-refractivity contribution < 1.29 is 13.9 Å². The average molecular weight is 275 g/mol. The molecule has 0 amide bonds. The summed E-state index contributed by atoms with van der Waals surface area (Å²) in [6.45, 7) is 4.67. The van der Waals surface area contributed by atoms with E-state index in [2.05, 4.69) is 0 Å². The van der Waals surface area contributed by atoms with E-state index in [1.807, 2.05) is 11.8 Å². The molecule has 3 rings (SSSR count). The largest absolute Gasteiger partial charge is 0.496 e. The van der Waals surface area contributed by atoms with Crippen LogP contribution >= 0.6 is 0 Å². The molecule has 2 heterocycles. The molecule has 1 fully saturated rings. The summed E-state index contributed by atoms with van der Waals surface area (Å²) in [5.74, 6) is 1.32. The number of morpholine rings is 1. The molecule has 0 aliphatic carbocycles. The van der Waals surface area contributed by atoms with Gasteiger partial charge in [0.1, 0.15) is 11.3 Å². The Balaban J connectivity index is 2.16. The number of fused-ring (bicyclic) bond motifs is 1. The van der Waals surface area contributed by atoms with Crippen LogP contribution in [0.2, 0.25) is 0 Å². The lowest BCUT2D eigenvalue weighted by Gasteiger charge is -2.27. The van der Waals surface area contributed by atoms with Gasteiger partial charge in [0.15, 0.2) is 11.3 Å². The van der Waals surface area contributed by atoms with Gasteiger partial charge in [-0.1, -0.05) is 0 Å². The number of ether oxygens (including phenoxy) is 2. The lowest BCUT2D eigenvalue weighted by atomic mass is 10.1. The first kappa shape index (κ1) is 13.0. The Hall–Kier alpha value is -2.01. The molecular weight excluding hydrogens is 258 g/mol. The van der Waals surface area contributed by atoms with E-state index < -0.39 is 0 Å². The zero-order valence-electron chi connectivity index (χ0n) is 11.6. The molecule has 0 spiro atoms. The Morgan fingerprint density at radius 1 is 1.25 bits per heavy atom. The molecule has 0 atom stereocenters. The second kappa shape index (κ2) is 5.17. The van der Waals surface area contributed by atoms with Gasteiger partial charge in [-0.3, -0.25) is 4.79 Å². The van der Waals surface area contributed by atoms with E-state index in [0.717, 1.165) is 24.4 Å². The summed E-state index contributed by atoms with van der Waals surface area (Å²) in [6, 6.07) is 5.10. The molecule has 20 heavy (non-hydrogen) atoms. The second-order valence-corrected chi connectivity index (χ2v) is 4.82. The summed E-state index contributed by atoms with van der Waals surface area (Å²) in [4.78, 5) is 14.3. The van der Waals surface area contributed by atoms with Gasteiger partial charge in [0, 0.05) is 24.7 Å². The minimum Gasteiger partial charge on any atom is -0.496 e. The highest BCUT2D eigenvalue weighted by Gasteiger charge is 2.17. The van der Waals surface area contributed by atoms with Gasteiger partial charge >= 0.3 is 0 Å². The molecule has 1 aliphatic heterocycles. The fraction of sp³-hybridized carbons (Fsp3) is 0.400. The topological polar surface area (TPSA) is 51.9 Å². The molecule has 2 aromatic rings. The fourth-order valence-electron chi connectivity index (χ4n) is 2.48. The fourth-order valence-corrected chi connectivity index (χ4v) is 2.48. The maximum Gasteiger partial charge on any atom is 0.200 e. The zero-order chi connectivity index (χ0) is 14.1. The third-order valence-corrected chi connectivity index (χ3v) is 3.63. The van der Waals surface area contributed by atoms with Crippen molar-refractivity contribution in [3.8, 4) is 5.75 Å². The minimum absolute atomic E-state index is 0.0292. The van der Waals surface area contributed by atoms with Crippen LogP contribution in [0.15, 0.2) is 27.4 Å². The predicted octanol–water partition coefficient (Wildman–Crippen LogP) is 1.95. The van der Waals surface area contributed by atoms with Crippen LogP contribution in [0.25, 0.3) is 11.0 Å². The number of benzene rings is 1. The van der Waals surface area contributed by atoms with Gasteiger partial charge in [0.05, 0.1) is 25.7 Å². The molecule has 106 valence electrons. The van der Waals surface area contributed by atoms with E-state index in [9.17, 15) is 4.79 Å². The van der Waals surface area contributed by atoms with Crippen molar-refractivity contribution >= 4 is 16.9 Å². The maximum absolute atomic E-state index is 12.2. The summed E-state index contributed by atoms with van der Waals surface area (Å²) in [7, 11) is 1.61. The third-order valence-electron chi connectivity index (χ3n) is 3.63. The number of methoxy groups -OCH3 is 1. The molecule has 0 saturated carbocycles. The first-order valence-corrected chi connectivity index (χ1v) is 6.65. The van der Waals surface area contributed by atoms with Crippen LogP contribution in [-0.2, 0) is 4.74 Å². The molecule has 0 N–H and O–H groups in total. The molecule has 1 aromatic carbocycles. The highest BCUT2D eigenvalue weighted by molar-refractivity contribution is 5.82. The van der Waals surface area contributed by atoms with E-state index >= 15 is 0 Å². The number of aryl methyl sites for hydroxylation is 1. The van der Waals surface area contributed by atoms with Gasteiger partial charge in [-0.2, -0.15) is 0 Å². The van der Waals surface area contributed by atoms with Crippen LogP contribution in [0, 0.1) is 6.92 Å². The van der Waals surface area contributed by atoms with Crippen LogP contribution < -0.4 is 15.1 Å². The number of rotatable bonds is 2. The van der Waals surface area contributed by atoms with Crippen molar-refractivity contribution in [1.29, 1.82) is 0 Å². The first-order valence-electron chi connectivity index (χ1n) is 6.65. The highest BCUT2D eigenvalue weighted by atomic mass is 16.5. The van der Waals surface area contributed by atoms with Crippen LogP contribution in [-0.4, -0.2) is 33.4 Å². The molecule has 1 aliphatic rings. The number of hydrogen-bond acceptors (Lipinski definition) is 5. The summed E-state index contributed by atoms with van der Waals surface area (Å²) < 4.78 is 16.5. The van der Waals surface area contributed by atoms with E-state index in [1.165, 1.54) is 0 Å². The lowest BCUT2D eigenvalue weighted by Crippen LogP contribution is -2.36. The smallest absolute Gasteiger partial charge is 0.200 e. The van der Waals surface area contributed by atoms with Crippen molar-refractivity contribution in [2.45, 2.75) is 6.92 Å². The van der Waals surface area contributed by atoms with Gasteiger partial charge in [-0.05, 0) is 19.1 Å². The van der Waals surface area contributed by atoms with E-state index in [4.69, 9.17) is 13.9 Å². The van der Waals surface area contributed by atoms with Gasteiger partial charge < -0.3 is 18.8 Å². The molecule has 5 heteroatoms. The quantitative estimate of drug-likeness (QED) is 0.838. The average Bonchev–Trinajstić information content (AvgIpc) is 2.49. The lowest BCUT2D eigenvalue weighted by molar-refractivity contribution is 0.121. The van der Waals surface area contributed by atoms with Crippen molar-refractivity contribution in [2.75, 3.05) is 38.3 Å². The standard InChI is InChI=1S/C15H17NO4/c1-10-13(18-2)4-3-11-12(17)9-14(20-15(10)11)16-5-7-19-8-6-16/h3-4,9H,5-8H2,1-2H3. The third kappa shape index (κ3) is 2.14. The number of hydrogen-bond donors (Lipinski definition) is 0. The SMILES string of the molecule is COc1ccc2c(=O)cc(N3CCOCC3)oc2c1C. The van der Waals surface area contributed by atoms with Gasteiger partial charge in [-0.15, -0.1) is 0 Å². The minimum atomic E-state index is -0.0292. The van der Waals surface area contributed by atoms with E-state index in [-0.39, 0.29) is 5.43 Å².